The summed E-state index contributed by atoms with van der Waals surface area (Å²) in [5.41, 5.74) is 2.18. The Balaban J connectivity index is 1.44. The summed E-state index contributed by atoms with van der Waals surface area (Å²) in [6.07, 6.45) is -0.00720. The Morgan fingerprint density at radius 3 is 1.45 bits per heavy atom. The average molecular weight is 1170 g/mol. The van der Waals surface area contributed by atoms with E-state index < -0.39 is 69.6 Å². The molecule has 0 saturated carbocycles. The van der Waals surface area contributed by atoms with Crippen molar-refractivity contribution in [3.8, 4) is 0 Å². The lowest BCUT2D eigenvalue weighted by atomic mass is 9.79. The van der Waals surface area contributed by atoms with E-state index in [1.807, 2.05) is 13.2 Å². The van der Waals surface area contributed by atoms with Gasteiger partial charge in [-0.15, -0.1) is 0 Å². The van der Waals surface area contributed by atoms with Crippen LogP contribution in [-0.4, -0.2) is 102 Å². The van der Waals surface area contributed by atoms with E-state index in [1.54, 1.807) is 0 Å². The Morgan fingerprint density at radius 1 is 0.537 bits per heavy atom. The summed E-state index contributed by atoms with van der Waals surface area (Å²) in [7, 11) is -8.18. The van der Waals surface area contributed by atoms with Crippen molar-refractivity contribution in [2.24, 2.45) is 11.8 Å². The molecule has 0 aliphatic carbocycles. The van der Waals surface area contributed by atoms with Crippen LogP contribution in [0.2, 0.25) is 59.4 Å². The van der Waals surface area contributed by atoms with E-state index in [0.717, 1.165) is 30.4 Å². The molecule has 10 atom stereocenters. The van der Waals surface area contributed by atoms with E-state index in [2.05, 4.69) is 251 Å². The van der Waals surface area contributed by atoms with Gasteiger partial charge < -0.3 is 41.4 Å². The lowest BCUT2D eigenvalue weighted by Gasteiger charge is -2.57. The van der Waals surface area contributed by atoms with Crippen LogP contribution in [0.3, 0.4) is 0 Å². The molecule has 2 aliphatic rings. The SMILES string of the molecule is CO[C@]1([C@@H](O[Si](C)(C)C(C)(C)C)[C@@H]2O[C@H](CO[Si](C)(C)C(C)(C)C)[C@@H](OCc3ccccc3)[C@H](OCc3ccccc3)[C@H]2C)C[C@H](O[Si](C)(C)C(C)(C)C)[C@@H](C)[C@@H](CCCCO[Si](c2ccccc2)(c2ccccc2)C(C)(C)C)O1. The number of hydrogen-bond donors (Lipinski definition) is 0. The molecule has 2 heterocycles. The van der Waals surface area contributed by atoms with E-state index in [0.29, 0.717) is 32.8 Å². The van der Waals surface area contributed by atoms with Crippen LogP contribution < -0.4 is 10.4 Å². The van der Waals surface area contributed by atoms with Crippen LogP contribution in [0.4, 0.5) is 0 Å². The predicted octanol–water partition coefficient (Wildman–Crippen LogP) is 15.9. The Hall–Kier alpha value is -2.61. The highest BCUT2D eigenvalue weighted by Gasteiger charge is 2.61. The molecule has 2 saturated heterocycles. The molecule has 4 aromatic carbocycles. The fourth-order valence-corrected chi connectivity index (χ4v) is 19.3. The van der Waals surface area contributed by atoms with Crippen molar-refractivity contribution in [2.45, 2.75) is 244 Å². The van der Waals surface area contributed by atoms with Crippen LogP contribution in [0, 0.1) is 11.8 Å². The van der Waals surface area contributed by atoms with Crippen LogP contribution in [0.25, 0.3) is 0 Å². The zero-order chi connectivity index (χ0) is 59.2. The Bertz CT molecular complexity index is 2430. The zero-order valence-corrected chi connectivity index (χ0v) is 57.6. The van der Waals surface area contributed by atoms with Crippen molar-refractivity contribution in [3.05, 3.63) is 132 Å². The molecule has 0 N–H and O–H groups in total. The van der Waals surface area contributed by atoms with Gasteiger partial charge in [-0.3, -0.25) is 0 Å². The standard InChI is InChI=1S/C67H108O9Si4/c1-50-56(44-34-35-45-71-80(66(12,13)14,54-40-30-24-31-41-54)55-42-32-25-33-43-55)74-67(68-15,46-57(50)75-78(18,19)64(6,7)8)62(76-79(20,21)65(9,10)11)60-51(2)59(69-47-52-36-26-22-27-37-52)61(70-48-53-38-28-23-29-39-53)58(73-60)49-72-77(16,17)63(3,4)5/h22-33,36-43,50-51,56-62H,34-35,44-49H2,1-21H3/t50-,51+,56+,57-,58+,59+,60+,61+,62-,67+/m0/s1. The Kier molecular flexibility index (Phi) is 22.2. The summed E-state index contributed by atoms with van der Waals surface area (Å²) in [5, 5.41) is 2.26. The Morgan fingerprint density at radius 2 is 1.00 bits per heavy atom. The van der Waals surface area contributed by atoms with Gasteiger partial charge in [0.25, 0.3) is 8.32 Å². The molecule has 4 aromatic rings. The van der Waals surface area contributed by atoms with Gasteiger partial charge in [0, 0.05) is 32.0 Å². The third-order valence-electron chi connectivity index (χ3n) is 19.2. The zero-order valence-electron chi connectivity index (χ0n) is 53.6. The molecular formula is C67H108O9Si4. The lowest BCUT2D eigenvalue weighted by molar-refractivity contribution is -0.357. The summed E-state index contributed by atoms with van der Waals surface area (Å²) in [6, 6.07) is 42.8. The first-order valence-corrected chi connectivity index (χ1v) is 40.8. The quantitative estimate of drug-likeness (QED) is 0.0503. The number of hydrogen-bond acceptors (Lipinski definition) is 9. The number of methoxy groups -OCH3 is 1. The van der Waals surface area contributed by atoms with Gasteiger partial charge in [-0.05, 0) is 100 Å². The van der Waals surface area contributed by atoms with E-state index in [9.17, 15) is 0 Å². The summed E-state index contributed by atoms with van der Waals surface area (Å²) in [6.45, 7) is 48.2. The molecule has 9 nitrogen and oxygen atoms in total. The number of unbranched alkanes of at least 4 members (excludes halogenated alkanes) is 1. The summed E-state index contributed by atoms with van der Waals surface area (Å²) >= 11 is 0. The highest BCUT2D eigenvalue weighted by atomic mass is 28.4. The van der Waals surface area contributed by atoms with Crippen LogP contribution in [-0.2, 0) is 54.6 Å². The fraction of sp³-hybridized carbons (Fsp3) is 0.642. The predicted molar refractivity (Wildman–Crippen MR) is 341 cm³/mol. The minimum atomic E-state index is -2.73. The number of rotatable bonds is 24. The first kappa shape index (κ1) is 66.5. The van der Waals surface area contributed by atoms with Crippen molar-refractivity contribution in [3.63, 3.8) is 0 Å². The van der Waals surface area contributed by atoms with Gasteiger partial charge in [0.1, 0.15) is 18.3 Å². The molecule has 0 spiro atoms. The van der Waals surface area contributed by atoms with Gasteiger partial charge in [-0.25, -0.2) is 0 Å². The molecular weight excluding hydrogens is 1060 g/mol. The monoisotopic (exact) mass is 1170 g/mol. The van der Waals surface area contributed by atoms with E-state index in [4.69, 9.17) is 41.4 Å². The van der Waals surface area contributed by atoms with Crippen molar-refractivity contribution >= 4 is 43.6 Å². The largest absolute Gasteiger partial charge is 0.414 e. The third-order valence-corrected chi connectivity index (χ3v) is 37.7. The minimum absolute atomic E-state index is 0.0258. The highest BCUT2D eigenvalue weighted by molar-refractivity contribution is 6.99. The molecule has 446 valence electrons. The van der Waals surface area contributed by atoms with Crippen LogP contribution in [0.15, 0.2) is 121 Å². The van der Waals surface area contributed by atoms with Crippen LogP contribution in [0.1, 0.15) is 134 Å². The molecule has 0 bridgehead atoms. The average Bonchev–Trinajstić information content (AvgIpc) is 3.45. The molecule has 0 aromatic heterocycles. The smallest absolute Gasteiger partial charge is 0.261 e. The highest BCUT2D eigenvalue weighted by Crippen LogP contribution is 2.50. The van der Waals surface area contributed by atoms with Crippen molar-refractivity contribution in [2.75, 3.05) is 20.3 Å². The number of ether oxygens (including phenoxy) is 5. The maximum absolute atomic E-state index is 7.97. The Labute approximate surface area is 490 Å². The summed E-state index contributed by atoms with van der Waals surface area (Å²) in [4.78, 5) is 0. The molecule has 6 rings (SSSR count). The third kappa shape index (κ3) is 15.6. The molecule has 0 radical (unpaired) electrons. The lowest BCUT2D eigenvalue weighted by Crippen LogP contribution is -2.70. The first-order valence-electron chi connectivity index (χ1n) is 30.1. The summed E-state index contributed by atoms with van der Waals surface area (Å²) in [5.74, 6) is -1.45. The molecule has 80 heavy (non-hydrogen) atoms. The van der Waals surface area contributed by atoms with Crippen LogP contribution >= 0.6 is 0 Å². The van der Waals surface area contributed by atoms with Gasteiger partial charge in [0.2, 0.25) is 0 Å². The normalized spacial score (nSPS) is 25.4. The minimum Gasteiger partial charge on any atom is -0.414 e. The van der Waals surface area contributed by atoms with Gasteiger partial charge >= 0.3 is 0 Å². The first-order chi connectivity index (χ1) is 37.2. The van der Waals surface area contributed by atoms with E-state index in [-0.39, 0.29) is 44.2 Å². The number of benzene rings is 4. The van der Waals surface area contributed by atoms with Gasteiger partial charge in [0.05, 0.1) is 44.2 Å². The van der Waals surface area contributed by atoms with Crippen molar-refractivity contribution < 1.29 is 41.4 Å². The second kappa shape index (κ2) is 26.8. The maximum Gasteiger partial charge on any atom is 0.261 e. The van der Waals surface area contributed by atoms with Crippen molar-refractivity contribution in [1.29, 1.82) is 0 Å². The fourth-order valence-electron chi connectivity index (χ4n) is 11.0. The van der Waals surface area contributed by atoms with E-state index in [1.165, 1.54) is 10.4 Å². The maximum atomic E-state index is 7.97. The second-order valence-electron chi connectivity index (χ2n) is 29.1. The van der Waals surface area contributed by atoms with Gasteiger partial charge in [-0.1, -0.05) is 218 Å². The molecule has 2 fully saturated rings. The van der Waals surface area contributed by atoms with Crippen molar-refractivity contribution in [1.82, 2.24) is 0 Å². The molecule has 2 aliphatic heterocycles. The summed E-state index contributed by atoms with van der Waals surface area (Å²) < 4.78 is 67.4. The molecule has 13 heteroatoms. The molecule has 0 unspecified atom stereocenters. The van der Waals surface area contributed by atoms with Crippen LogP contribution in [0.5, 0.6) is 0 Å². The second-order valence-corrected chi connectivity index (χ2v) is 47.7. The van der Waals surface area contributed by atoms with Gasteiger partial charge in [-0.2, -0.15) is 0 Å². The van der Waals surface area contributed by atoms with Gasteiger partial charge in [0.15, 0.2) is 30.7 Å². The van der Waals surface area contributed by atoms with E-state index >= 15 is 0 Å². The molecule has 0 amide bonds. The topological polar surface area (TPSA) is 83.1 Å².